The highest BCUT2D eigenvalue weighted by atomic mass is 19.1. The minimum absolute atomic E-state index is 0.127. The zero-order valence-electron chi connectivity index (χ0n) is 11.5. The Morgan fingerprint density at radius 2 is 1.89 bits per heavy atom. The highest BCUT2D eigenvalue weighted by Gasteiger charge is 2.11. The van der Waals surface area contributed by atoms with Gasteiger partial charge in [0, 0.05) is 18.7 Å². The molecule has 0 bridgehead atoms. The Bertz CT molecular complexity index is 417. The molecule has 3 nitrogen and oxygen atoms in total. The Labute approximate surface area is 112 Å². The van der Waals surface area contributed by atoms with Crippen LogP contribution >= 0.6 is 0 Å². The number of hydrogen-bond donors (Lipinski definition) is 1. The molecule has 1 rings (SSSR count). The normalized spacial score (nSPS) is 12.5. The molecule has 1 aromatic rings. The average molecular weight is 270 g/mol. The van der Waals surface area contributed by atoms with Crippen molar-refractivity contribution >= 4 is 5.91 Å². The van der Waals surface area contributed by atoms with Gasteiger partial charge in [0.15, 0.2) is 0 Å². The van der Waals surface area contributed by atoms with Crippen molar-refractivity contribution in [2.75, 3.05) is 13.6 Å². The third kappa shape index (κ3) is 5.34. The molecule has 0 aliphatic carbocycles. The second-order valence-corrected chi connectivity index (χ2v) is 4.73. The minimum Gasteiger partial charge on any atom is -0.351 e. The summed E-state index contributed by atoms with van der Waals surface area (Å²) in [7, 11) is 1.87. The fourth-order valence-corrected chi connectivity index (χ4v) is 1.66. The first-order valence-electron chi connectivity index (χ1n) is 6.34. The summed E-state index contributed by atoms with van der Waals surface area (Å²) in [6.07, 6.45) is 0.957. The van der Waals surface area contributed by atoms with Crippen molar-refractivity contribution < 1.29 is 13.6 Å². The summed E-state index contributed by atoms with van der Waals surface area (Å²) in [6.45, 7) is 4.48. The van der Waals surface area contributed by atoms with Crippen molar-refractivity contribution in [1.82, 2.24) is 10.2 Å². The van der Waals surface area contributed by atoms with E-state index in [2.05, 4.69) is 12.2 Å². The maximum atomic E-state index is 13.0. The zero-order chi connectivity index (χ0) is 14.4. The van der Waals surface area contributed by atoms with Gasteiger partial charge in [-0.2, -0.15) is 0 Å². The van der Waals surface area contributed by atoms with Gasteiger partial charge in [0.2, 0.25) is 5.91 Å². The smallest absolute Gasteiger partial charge is 0.234 e. The minimum atomic E-state index is -0.638. The van der Waals surface area contributed by atoms with E-state index in [4.69, 9.17) is 0 Å². The van der Waals surface area contributed by atoms with Crippen molar-refractivity contribution in [3.8, 4) is 0 Å². The van der Waals surface area contributed by atoms with Crippen LogP contribution in [-0.4, -0.2) is 30.4 Å². The lowest BCUT2D eigenvalue weighted by Gasteiger charge is -2.22. The third-order valence-electron chi connectivity index (χ3n) is 3.15. The Morgan fingerprint density at radius 3 is 2.42 bits per heavy atom. The predicted molar refractivity (Wildman–Crippen MR) is 70.6 cm³/mol. The molecule has 0 fully saturated rings. The molecule has 19 heavy (non-hydrogen) atoms. The van der Waals surface area contributed by atoms with Gasteiger partial charge in [-0.1, -0.05) is 6.92 Å². The van der Waals surface area contributed by atoms with E-state index >= 15 is 0 Å². The number of nitrogens with zero attached hydrogens (tertiary/aromatic N) is 1. The van der Waals surface area contributed by atoms with Gasteiger partial charge in [0.05, 0.1) is 6.54 Å². The van der Waals surface area contributed by atoms with Crippen LogP contribution in [0.15, 0.2) is 18.2 Å². The lowest BCUT2D eigenvalue weighted by Crippen LogP contribution is -2.39. The summed E-state index contributed by atoms with van der Waals surface area (Å²) in [5.74, 6) is -1.44. The third-order valence-corrected chi connectivity index (χ3v) is 3.15. The monoisotopic (exact) mass is 270 g/mol. The molecule has 0 aliphatic rings. The number of hydrogen-bond acceptors (Lipinski definition) is 2. The first-order chi connectivity index (χ1) is 8.92. The Kier molecular flexibility index (Phi) is 5.89. The molecule has 0 saturated carbocycles. The Morgan fingerprint density at radius 1 is 1.32 bits per heavy atom. The molecular formula is C14H20F2N2O. The first-order valence-corrected chi connectivity index (χ1v) is 6.34. The van der Waals surface area contributed by atoms with Crippen LogP contribution < -0.4 is 5.32 Å². The second kappa shape index (κ2) is 7.19. The number of nitrogens with one attached hydrogen (secondary N) is 1. The maximum absolute atomic E-state index is 13.0. The number of benzene rings is 1. The number of amides is 1. The van der Waals surface area contributed by atoms with E-state index in [1.807, 2.05) is 18.9 Å². The van der Waals surface area contributed by atoms with Gasteiger partial charge in [0.1, 0.15) is 11.6 Å². The largest absolute Gasteiger partial charge is 0.351 e. The molecule has 0 aliphatic heterocycles. The van der Waals surface area contributed by atoms with Crippen LogP contribution in [0.1, 0.15) is 25.8 Å². The van der Waals surface area contributed by atoms with Crippen LogP contribution in [0.4, 0.5) is 8.78 Å². The number of carbonyl (C=O) groups excluding carboxylic acids is 1. The van der Waals surface area contributed by atoms with Crippen LogP contribution in [0.5, 0.6) is 0 Å². The molecule has 1 amide bonds. The summed E-state index contributed by atoms with van der Waals surface area (Å²) in [5.41, 5.74) is 0.414. The first kappa shape index (κ1) is 15.6. The van der Waals surface area contributed by atoms with Gasteiger partial charge in [-0.15, -0.1) is 0 Å². The molecule has 0 aromatic heterocycles. The molecule has 0 spiro atoms. The molecule has 1 atom stereocenters. The van der Waals surface area contributed by atoms with Gasteiger partial charge in [-0.25, -0.2) is 8.78 Å². The van der Waals surface area contributed by atoms with Gasteiger partial charge in [0.25, 0.3) is 0 Å². The van der Waals surface area contributed by atoms with E-state index in [9.17, 15) is 13.6 Å². The lowest BCUT2D eigenvalue weighted by molar-refractivity contribution is -0.122. The van der Waals surface area contributed by atoms with E-state index in [1.54, 1.807) is 0 Å². The van der Waals surface area contributed by atoms with E-state index in [-0.39, 0.29) is 19.0 Å². The van der Waals surface area contributed by atoms with Crippen molar-refractivity contribution in [2.45, 2.75) is 32.9 Å². The standard InChI is InChI=1S/C14H20F2N2O/c1-4-10(2)18(3)9-14(19)17-8-11-5-12(15)7-13(16)6-11/h5-7,10H,4,8-9H2,1-3H3,(H,17,19)/t10-/m1/s1. The maximum Gasteiger partial charge on any atom is 0.234 e. The van der Waals surface area contributed by atoms with Crippen LogP contribution in [0.25, 0.3) is 0 Å². The number of carbonyl (C=O) groups is 1. The summed E-state index contributed by atoms with van der Waals surface area (Å²) in [5, 5.41) is 2.65. The molecule has 5 heteroatoms. The van der Waals surface area contributed by atoms with E-state index in [0.717, 1.165) is 12.5 Å². The van der Waals surface area contributed by atoms with Gasteiger partial charge in [-0.05, 0) is 38.1 Å². The molecular weight excluding hydrogens is 250 g/mol. The summed E-state index contributed by atoms with van der Waals surface area (Å²) < 4.78 is 25.9. The fraction of sp³-hybridized carbons (Fsp3) is 0.500. The number of rotatable bonds is 6. The van der Waals surface area contributed by atoms with Crippen molar-refractivity contribution in [2.24, 2.45) is 0 Å². The average Bonchev–Trinajstić information content (AvgIpc) is 2.34. The SMILES string of the molecule is CC[C@@H](C)N(C)CC(=O)NCc1cc(F)cc(F)c1. The van der Waals surface area contributed by atoms with E-state index < -0.39 is 11.6 Å². The van der Waals surface area contributed by atoms with Gasteiger partial charge < -0.3 is 5.32 Å². The second-order valence-electron chi connectivity index (χ2n) is 4.73. The van der Waals surface area contributed by atoms with Crippen LogP contribution in [0, 0.1) is 11.6 Å². The number of likely N-dealkylation sites (N-methyl/N-ethyl adjacent to an activating group) is 1. The predicted octanol–water partition coefficient (Wildman–Crippen LogP) is 2.31. The molecule has 1 aromatic carbocycles. The Hall–Kier alpha value is -1.49. The fourth-order valence-electron chi connectivity index (χ4n) is 1.66. The van der Waals surface area contributed by atoms with E-state index in [1.165, 1.54) is 12.1 Å². The summed E-state index contributed by atoms with van der Waals surface area (Å²) in [4.78, 5) is 13.6. The van der Waals surface area contributed by atoms with Crippen LogP contribution in [0.3, 0.4) is 0 Å². The van der Waals surface area contributed by atoms with Crippen LogP contribution in [0.2, 0.25) is 0 Å². The molecule has 0 saturated heterocycles. The molecule has 0 radical (unpaired) electrons. The summed E-state index contributed by atoms with van der Waals surface area (Å²) >= 11 is 0. The molecule has 106 valence electrons. The highest BCUT2D eigenvalue weighted by Crippen LogP contribution is 2.07. The van der Waals surface area contributed by atoms with E-state index in [0.29, 0.717) is 11.6 Å². The highest BCUT2D eigenvalue weighted by molar-refractivity contribution is 5.78. The lowest BCUT2D eigenvalue weighted by atomic mass is 10.2. The Balaban J connectivity index is 2.46. The van der Waals surface area contributed by atoms with Crippen molar-refractivity contribution in [3.05, 3.63) is 35.4 Å². The summed E-state index contributed by atoms with van der Waals surface area (Å²) in [6, 6.07) is 3.54. The topological polar surface area (TPSA) is 32.3 Å². The van der Waals surface area contributed by atoms with Crippen molar-refractivity contribution in [1.29, 1.82) is 0 Å². The molecule has 0 unspecified atom stereocenters. The molecule has 0 heterocycles. The quantitative estimate of drug-likeness (QED) is 0.860. The van der Waals surface area contributed by atoms with Gasteiger partial charge >= 0.3 is 0 Å². The van der Waals surface area contributed by atoms with Crippen molar-refractivity contribution in [3.63, 3.8) is 0 Å². The number of halogens is 2. The zero-order valence-corrected chi connectivity index (χ0v) is 11.5. The van der Waals surface area contributed by atoms with Gasteiger partial charge in [-0.3, -0.25) is 9.69 Å². The van der Waals surface area contributed by atoms with Crippen LogP contribution in [-0.2, 0) is 11.3 Å². The molecule has 1 N–H and O–H groups in total.